The molecule has 0 aliphatic heterocycles. The second kappa shape index (κ2) is 19.8. The van der Waals surface area contributed by atoms with Gasteiger partial charge in [0.25, 0.3) is 0 Å². The van der Waals surface area contributed by atoms with Crippen LogP contribution in [0.1, 0.15) is 19.4 Å². The number of rotatable bonds is 4. The van der Waals surface area contributed by atoms with Crippen LogP contribution >= 0.6 is 0 Å². The van der Waals surface area contributed by atoms with Gasteiger partial charge in [0, 0.05) is 23.9 Å². The Labute approximate surface area is 202 Å². The van der Waals surface area contributed by atoms with Crippen LogP contribution in [0.2, 0.25) is 0 Å². The monoisotopic (exact) mass is 521 g/mol. The third-order valence-corrected chi connectivity index (χ3v) is 3.15. The number of non-ortho nitro benzene ring substituents is 1. The molecule has 0 aliphatic rings. The van der Waals surface area contributed by atoms with Crippen LogP contribution in [0.4, 0.5) is 5.69 Å². The molecule has 0 fully saturated rings. The van der Waals surface area contributed by atoms with Crippen molar-refractivity contribution in [3.05, 3.63) is 99.6 Å². The molecule has 0 radical (unpaired) electrons. The molecule has 9 heteroatoms. The Morgan fingerprint density at radius 1 is 0.969 bits per heavy atom. The van der Waals surface area contributed by atoms with Crippen molar-refractivity contribution in [3.63, 3.8) is 0 Å². The molecule has 0 spiro atoms. The summed E-state index contributed by atoms with van der Waals surface area (Å²) in [7, 11) is 3.88. The fourth-order valence-corrected chi connectivity index (χ4v) is 2.03. The molecule has 0 saturated carbocycles. The van der Waals surface area contributed by atoms with Gasteiger partial charge in [0.05, 0.1) is 11.4 Å². The molecule has 0 aliphatic carbocycles. The zero-order chi connectivity index (χ0) is 23.5. The summed E-state index contributed by atoms with van der Waals surface area (Å²) in [5.41, 5.74) is 2.87. The van der Waals surface area contributed by atoms with E-state index in [9.17, 15) is 10.1 Å². The number of benzene rings is 1. The summed E-state index contributed by atoms with van der Waals surface area (Å²) in [5.74, 6) is 0. The molecule has 1 aromatic carbocycles. The van der Waals surface area contributed by atoms with Crippen molar-refractivity contribution < 1.29 is 24.4 Å². The second-order valence-electron chi connectivity index (χ2n) is 6.01. The van der Waals surface area contributed by atoms with Crippen molar-refractivity contribution in [2.75, 3.05) is 14.1 Å². The number of pyridine rings is 2. The van der Waals surface area contributed by atoms with Crippen LogP contribution in [0.3, 0.4) is 0 Å². The maximum Gasteiger partial charge on any atom is 4.00 e. The minimum Gasteiger partial charge on any atom is -0.814 e. The first-order valence-corrected chi connectivity index (χ1v) is 9.35. The average Bonchev–Trinajstić information content (AvgIpc) is 2.77. The Balaban J connectivity index is 0. The van der Waals surface area contributed by atoms with Crippen molar-refractivity contribution >= 4 is 18.1 Å². The van der Waals surface area contributed by atoms with Gasteiger partial charge in [-0.25, -0.2) is 12.4 Å². The SMILES string of the molecule is CC=[N-].CC=[N-].CN(C)Cc1[c-]cc([N+](=O)[O-])cc1.[Ru+4].c1ccc(-c2ccccn2)nc1. The number of nitro groups is 1. The molecule has 3 aromatic rings. The predicted octanol–water partition coefficient (Wildman–Crippen LogP) is 4.89. The van der Waals surface area contributed by atoms with Crippen LogP contribution < -0.4 is 0 Å². The van der Waals surface area contributed by atoms with Gasteiger partial charge in [0.2, 0.25) is 0 Å². The third-order valence-electron chi connectivity index (χ3n) is 3.15. The summed E-state index contributed by atoms with van der Waals surface area (Å²) in [6.07, 6.45) is 5.54. The zero-order valence-corrected chi connectivity index (χ0v) is 20.3. The molecule has 3 rings (SSSR count). The largest absolute Gasteiger partial charge is 4.00 e. The van der Waals surface area contributed by atoms with Gasteiger partial charge in [-0.05, 0) is 38.4 Å². The smallest absolute Gasteiger partial charge is 0.814 e. The first kappa shape index (κ1) is 31.0. The quantitative estimate of drug-likeness (QED) is 0.160. The number of aromatic nitrogens is 2. The summed E-state index contributed by atoms with van der Waals surface area (Å²) in [4.78, 5) is 20.2. The topological polar surface area (TPSA) is 117 Å². The van der Waals surface area contributed by atoms with Gasteiger partial charge in [-0.3, -0.25) is 20.1 Å². The maximum absolute atomic E-state index is 10.3. The van der Waals surface area contributed by atoms with Crippen LogP contribution in [0.15, 0.2) is 67.0 Å². The fourth-order valence-electron chi connectivity index (χ4n) is 2.03. The number of nitro benzene ring substituents is 1. The van der Waals surface area contributed by atoms with E-state index < -0.39 is 4.92 Å². The molecule has 0 bridgehead atoms. The molecule has 0 atom stereocenters. The van der Waals surface area contributed by atoms with Crippen LogP contribution in [0, 0.1) is 16.2 Å². The van der Waals surface area contributed by atoms with E-state index in [0.717, 1.165) is 35.9 Å². The van der Waals surface area contributed by atoms with E-state index in [4.69, 9.17) is 10.8 Å². The van der Waals surface area contributed by atoms with Crippen LogP contribution in [0.25, 0.3) is 22.2 Å². The van der Waals surface area contributed by atoms with Crippen molar-refractivity contribution in [3.8, 4) is 11.4 Å². The Morgan fingerprint density at radius 2 is 1.44 bits per heavy atom. The number of hydrogen-bond acceptors (Lipinski definition) is 5. The van der Waals surface area contributed by atoms with Crippen LogP contribution in [0.5, 0.6) is 0 Å². The van der Waals surface area contributed by atoms with Gasteiger partial charge in [-0.1, -0.05) is 32.0 Å². The minimum absolute atomic E-state index is 0. The molecule has 2 heterocycles. The molecule has 32 heavy (non-hydrogen) atoms. The van der Waals surface area contributed by atoms with E-state index in [1.54, 1.807) is 32.3 Å². The van der Waals surface area contributed by atoms with Gasteiger partial charge in [-0.15, -0.1) is 11.6 Å². The zero-order valence-electron chi connectivity index (χ0n) is 18.6. The van der Waals surface area contributed by atoms with Crippen molar-refractivity contribution in [2.24, 2.45) is 0 Å². The molecule has 8 nitrogen and oxygen atoms in total. The van der Waals surface area contributed by atoms with Gasteiger partial charge < -0.3 is 15.7 Å². The second-order valence-corrected chi connectivity index (χ2v) is 6.01. The molecule has 0 saturated heterocycles. The fraction of sp³-hybridized carbons (Fsp3) is 0.217. The molecular weight excluding hydrogens is 493 g/mol. The molecule has 0 amide bonds. The van der Waals surface area contributed by atoms with Gasteiger partial charge >= 0.3 is 19.5 Å². The van der Waals surface area contributed by atoms with Crippen LogP contribution in [-0.2, 0) is 26.0 Å². The normalized spacial score (nSPS) is 8.66. The Hall–Kier alpha value is -3.16. The van der Waals surface area contributed by atoms with Gasteiger partial charge in [-0.2, -0.15) is 12.1 Å². The summed E-state index contributed by atoms with van der Waals surface area (Å²) >= 11 is 0. The van der Waals surface area contributed by atoms with E-state index in [1.807, 2.05) is 55.4 Å². The maximum atomic E-state index is 10.3. The first-order chi connectivity index (χ1) is 14.9. The molecular formula is C23H27N6O2Ru+. The van der Waals surface area contributed by atoms with Gasteiger partial charge in [0.15, 0.2) is 5.69 Å². The number of hydrogen-bond donors (Lipinski definition) is 0. The Morgan fingerprint density at radius 3 is 1.72 bits per heavy atom. The molecule has 168 valence electrons. The van der Waals surface area contributed by atoms with Crippen LogP contribution in [-0.4, -0.2) is 46.3 Å². The van der Waals surface area contributed by atoms with E-state index in [2.05, 4.69) is 16.0 Å². The van der Waals surface area contributed by atoms with E-state index >= 15 is 0 Å². The van der Waals surface area contributed by atoms with Gasteiger partial charge in [0.1, 0.15) is 0 Å². The summed E-state index contributed by atoms with van der Waals surface area (Å²) < 4.78 is 0. The molecule has 0 unspecified atom stereocenters. The third kappa shape index (κ3) is 14.8. The molecule has 0 N–H and O–H groups in total. The first-order valence-electron chi connectivity index (χ1n) is 9.35. The van der Waals surface area contributed by atoms with Crippen molar-refractivity contribution in [2.45, 2.75) is 20.4 Å². The summed E-state index contributed by atoms with van der Waals surface area (Å²) in [6, 6.07) is 19.1. The van der Waals surface area contributed by atoms with E-state index in [-0.39, 0.29) is 25.2 Å². The standard InChI is InChI=1S/C10H8N2.C9H11N2O2.2C2H4N.Ru/c1-3-7-11-9(5-1)10-6-2-4-8-12-10;1-10(2)7-8-3-5-9(6-4-8)11(12)13;2*1-2-3;/h1-8H;3,5-6H,7H2,1-2H3;2*2H,1H3;/q;3*-1;+4. The van der Waals surface area contributed by atoms with E-state index in [0.29, 0.717) is 0 Å². The number of nitrogens with zero attached hydrogens (tertiary/aromatic N) is 6. The van der Waals surface area contributed by atoms with E-state index in [1.165, 1.54) is 12.1 Å². The Bertz CT molecular complexity index is 833. The van der Waals surface area contributed by atoms with Crippen molar-refractivity contribution in [1.29, 1.82) is 0 Å². The summed E-state index contributed by atoms with van der Waals surface area (Å²) in [6.45, 7) is 3.86. The van der Waals surface area contributed by atoms with Crippen molar-refractivity contribution in [1.82, 2.24) is 14.9 Å². The average molecular weight is 521 g/mol. The summed E-state index contributed by atoms with van der Waals surface area (Å²) in [5, 5.41) is 25.2. The minimum atomic E-state index is -0.421. The molecule has 2 aromatic heterocycles. The predicted molar refractivity (Wildman–Crippen MR) is 127 cm³/mol. The Kier molecular flexibility index (Phi) is 19.2.